The van der Waals surface area contributed by atoms with E-state index in [9.17, 15) is 9.59 Å². The van der Waals surface area contributed by atoms with Crippen LogP contribution in [0.3, 0.4) is 0 Å². The summed E-state index contributed by atoms with van der Waals surface area (Å²) in [6, 6.07) is 22.0. The summed E-state index contributed by atoms with van der Waals surface area (Å²) in [6.07, 6.45) is 1.64. The third kappa shape index (κ3) is 4.21. The zero-order valence-corrected chi connectivity index (χ0v) is 18.4. The van der Waals surface area contributed by atoms with E-state index >= 15 is 0 Å². The molecule has 0 atom stereocenters. The van der Waals surface area contributed by atoms with Crippen molar-refractivity contribution < 1.29 is 9.32 Å². The summed E-state index contributed by atoms with van der Waals surface area (Å²) in [4.78, 5) is 34.4. The van der Waals surface area contributed by atoms with Crippen LogP contribution >= 0.6 is 0 Å². The molecule has 3 aromatic heterocycles. The lowest BCUT2D eigenvalue weighted by Gasteiger charge is -2.13. The Kier molecular flexibility index (Phi) is 5.70. The molecule has 0 fully saturated rings. The lowest BCUT2D eigenvalue weighted by Crippen LogP contribution is -2.32. The summed E-state index contributed by atoms with van der Waals surface area (Å²) >= 11 is 0. The van der Waals surface area contributed by atoms with Crippen LogP contribution in [0.5, 0.6) is 0 Å². The second kappa shape index (κ2) is 9.11. The summed E-state index contributed by atoms with van der Waals surface area (Å²) in [5.41, 5.74) is 3.47. The molecule has 3 heterocycles. The molecule has 34 heavy (non-hydrogen) atoms. The summed E-state index contributed by atoms with van der Waals surface area (Å²) in [7, 11) is 0. The zero-order chi connectivity index (χ0) is 23.5. The number of nitrogens with one attached hydrogen (secondary N) is 1. The number of carbonyl (C=O) groups excluding carboxylic acids is 1. The summed E-state index contributed by atoms with van der Waals surface area (Å²) in [5.74, 6) is 0.294. The first-order chi connectivity index (χ1) is 16.6. The molecule has 0 aliphatic rings. The molecular formula is C26H21N5O3. The van der Waals surface area contributed by atoms with Gasteiger partial charge in [0.2, 0.25) is 11.7 Å². The van der Waals surface area contributed by atoms with Gasteiger partial charge in [-0.2, -0.15) is 4.98 Å². The second-order valence-corrected chi connectivity index (χ2v) is 7.84. The Bertz CT molecular complexity index is 1540. The Morgan fingerprint density at radius 2 is 1.82 bits per heavy atom. The molecule has 5 aromatic rings. The van der Waals surface area contributed by atoms with Crippen LogP contribution in [-0.2, 0) is 17.9 Å². The lowest BCUT2D eigenvalue weighted by atomic mass is 10.1. The van der Waals surface area contributed by atoms with Gasteiger partial charge in [0, 0.05) is 24.2 Å². The highest BCUT2D eigenvalue weighted by Crippen LogP contribution is 2.27. The van der Waals surface area contributed by atoms with E-state index in [1.807, 2.05) is 55.5 Å². The Morgan fingerprint density at radius 3 is 2.65 bits per heavy atom. The van der Waals surface area contributed by atoms with Crippen LogP contribution < -0.4 is 10.9 Å². The van der Waals surface area contributed by atoms with E-state index < -0.39 is 0 Å². The van der Waals surface area contributed by atoms with Gasteiger partial charge in [0.25, 0.3) is 11.4 Å². The SMILES string of the molecule is Cc1ccccc1CNC(=O)Cn1c(=O)cc(-c2nc(-c3ccccn3)no2)c2ccccc21. The van der Waals surface area contributed by atoms with Gasteiger partial charge in [-0.15, -0.1) is 0 Å². The van der Waals surface area contributed by atoms with Crippen LogP contribution in [0.15, 0.2) is 88.3 Å². The van der Waals surface area contributed by atoms with Crippen molar-refractivity contribution in [3.8, 4) is 23.0 Å². The maximum absolute atomic E-state index is 13.0. The van der Waals surface area contributed by atoms with E-state index in [-0.39, 0.29) is 23.9 Å². The van der Waals surface area contributed by atoms with Crippen LogP contribution in [0.2, 0.25) is 0 Å². The number of hydrogen-bond acceptors (Lipinski definition) is 6. The van der Waals surface area contributed by atoms with E-state index in [2.05, 4.69) is 20.4 Å². The van der Waals surface area contributed by atoms with E-state index in [0.717, 1.165) is 16.5 Å². The summed E-state index contributed by atoms with van der Waals surface area (Å²) in [6.45, 7) is 2.29. The minimum atomic E-state index is -0.336. The summed E-state index contributed by atoms with van der Waals surface area (Å²) in [5, 5.41) is 7.64. The fraction of sp³-hybridized carbons (Fsp3) is 0.115. The van der Waals surface area contributed by atoms with E-state index in [4.69, 9.17) is 4.52 Å². The monoisotopic (exact) mass is 451 g/mol. The maximum atomic E-state index is 13.0. The van der Waals surface area contributed by atoms with Gasteiger partial charge in [-0.05, 0) is 36.2 Å². The molecule has 0 saturated heterocycles. The maximum Gasteiger partial charge on any atom is 0.259 e. The molecular weight excluding hydrogens is 430 g/mol. The quantitative estimate of drug-likeness (QED) is 0.422. The average molecular weight is 451 g/mol. The molecule has 1 amide bonds. The lowest BCUT2D eigenvalue weighted by molar-refractivity contribution is -0.121. The van der Waals surface area contributed by atoms with Gasteiger partial charge in [0.15, 0.2) is 0 Å². The molecule has 0 spiro atoms. The van der Waals surface area contributed by atoms with Gasteiger partial charge in [0.05, 0.1) is 11.1 Å². The Labute approximate surface area is 194 Å². The van der Waals surface area contributed by atoms with Crippen LogP contribution in [0.4, 0.5) is 0 Å². The molecule has 8 nitrogen and oxygen atoms in total. The zero-order valence-electron chi connectivity index (χ0n) is 18.4. The number of benzene rings is 2. The number of aryl methyl sites for hydroxylation is 1. The Balaban J connectivity index is 1.45. The number of carbonyl (C=O) groups is 1. The van der Waals surface area contributed by atoms with Crippen LogP contribution in [0, 0.1) is 6.92 Å². The number of rotatable bonds is 6. The highest BCUT2D eigenvalue weighted by atomic mass is 16.5. The molecule has 8 heteroatoms. The van der Waals surface area contributed by atoms with Gasteiger partial charge in [-0.1, -0.05) is 53.7 Å². The standard InChI is InChI=1S/C26H21N5O3/c1-17-8-2-3-9-18(17)15-28-23(32)16-31-22-12-5-4-10-19(22)20(14-24(31)33)26-29-25(30-34-26)21-11-6-7-13-27-21/h2-14H,15-16H2,1H3,(H,28,32). The van der Waals surface area contributed by atoms with Crippen molar-refractivity contribution in [1.82, 2.24) is 25.0 Å². The fourth-order valence-electron chi connectivity index (χ4n) is 3.81. The van der Waals surface area contributed by atoms with Gasteiger partial charge in [-0.3, -0.25) is 19.1 Å². The minimum absolute atomic E-state index is 0.103. The highest BCUT2D eigenvalue weighted by Gasteiger charge is 2.18. The number of pyridine rings is 2. The smallest absolute Gasteiger partial charge is 0.259 e. The molecule has 2 aromatic carbocycles. The number of aromatic nitrogens is 4. The largest absolute Gasteiger partial charge is 0.350 e. The number of fused-ring (bicyclic) bond motifs is 1. The first kappa shape index (κ1) is 21.3. The third-order valence-corrected chi connectivity index (χ3v) is 5.61. The molecule has 0 bridgehead atoms. The Morgan fingerprint density at radius 1 is 1.03 bits per heavy atom. The number of nitrogens with zero attached hydrogens (tertiary/aromatic N) is 4. The molecule has 0 radical (unpaired) electrons. The second-order valence-electron chi connectivity index (χ2n) is 7.84. The predicted molar refractivity (Wildman–Crippen MR) is 128 cm³/mol. The molecule has 5 rings (SSSR count). The van der Waals surface area contributed by atoms with Gasteiger partial charge in [-0.25, -0.2) is 0 Å². The van der Waals surface area contributed by atoms with Crippen molar-refractivity contribution in [2.45, 2.75) is 20.0 Å². The van der Waals surface area contributed by atoms with Crippen molar-refractivity contribution in [3.63, 3.8) is 0 Å². The number of hydrogen-bond donors (Lipinski definition) is 1. The van der Waals surface area contributed by atoms with Crippen molar-refractivity contribution in [2.75, 3.05) is 0 Å². The van der Waals surface area contributed by atoms with E-state index in [0.29, 0.717) is 29.1 Å². The van der Waals surface area contributed by atoms with Crippen molar-refractivity contribution in [3.05, 3.63) is 100 Å². The molecule has 0 saturated carbocycles. The normalized spacial score (nSPS) is 11.0. The molecule has 0 aliphatic carbocycles. The van der Waals surface area contributed by atoms with Gasteiger partial charge < -0.3 is 9.84 Å². The highest BCUT2D eigenvalue weighted by molar-refractivity contribution is 5.93. The molecule has 0 aliphatic heterocycles. The molecule has 0 unspecified atom stereocenters. The minimum Gasteiger partial charge on any atom is -0.350 e. The number of amides is 1. The Hall–Kier alpha value is -4.59. The van der Waals surface area contributed by atoms with Gasteiger partial charge in [0.1, 0.15) is 12.2 Å². The van der Waals surface area contributed by atoms with E-state index in [1.54, 1.807) is 24.4 Å². The van der Waals surface area contributed by atoms with Crippen molar-refractivity contribution >= 4 is 16.8 Å². The first-order valence-corrected chi connectivity index (χ1v) is 10.8. The van der Waals surface area contributed by atoms with Crippen molar-refractivity contribution in [2.24, 2.45) is 0 Å². The third-order valence-electron chi connectivity index (χ3n) is 5.61. The molecule has 1 N–H and O–H groups in total. The summed E-state index contributed by atoms with van der Waals surface area (Å²) < 4.78 is 6.91. The van der Waals surface area contributed by atoms with Gasteiger partial charge >= 0.3 is 0 Å². The fourth-order valence-corrected chi connectivity index (χ4v) is 3.81. The molecule has 168 valence electrons. The predicted octanol–water partition coefficient (Wildman–Crippen LogP) is 3.74. The van der Waals surface area contributed by atoms with E-state index in [1.165, 1.54) is 10.6 Å². The average Bonchev–Trinajstić information content (AvgIpc) is 3.36. The first-order valence-electron chi connectivity index (χ1n) is 10.8. The van der Waals surface area contributed by atoms with Crippen molar-refractivity contribution in [1.29, 1.82) is 0 Å². The topological polar surface area (TPSA) is 103 Å². The van der Waals surface area contributed by atoms with Crippen LogP contribution in [-0.4, -0.2) is 25.6 Å². The number of para-hydroxylation sites is 1. The van der Waals surface area contributed by atoms with Crippen LogP contribution in [0.25, 0.3) is 33.9 Å². The van der Waals surface area contributed by atoms with Crippen LogP contribution in [0.1, 0.15) is 11.1 Å².